The summed E-state index contributed by atoms with van der Waals surface area (Å²) >= 11 is 0. The highest BCUT2D eigenvalue weighted by Gasteiger charge is 2.30. The van der Waals surface area contributed by atoms with Crippen molar-refractivity contribution in [1.29, 1.82) is 0 Å². The van der Waals surface area contributed by atoms with Crippen molar-refractivity contribution in [2.24, 2.45) is 0 Å². The van der Waals surface area contributed by atoms with Crippen LogP contribution in [-0.2, 0) is 28.8 Å². The van der Waals surface area contributed by atoms with E-state index in [-0.39, 0.29) is 56.9 Å². The number of rotatable bonds is 11. The Balaban J connectivity index is 1.97. The van der Waals surface area contributed by atoms with E-state index >= 15 is 0 Å². The zero-order chi connectivity index (χ0) is 28.1. The summed E-state index contributed by atoms with van der Waals surface area (Å²) in [7, 11) is 0. The van der Waals surface area contributed by atoms with Gasteiger partial charge in [-0.25, -0.2) is 0 Å². The van der Waals surface area contributed by atoms with Crippen molar-refractivity contribution in [2.45, 2.75) is 25.4 Å². The van der Waals surface area contributed by atoms with Crippen molar-refractivity contribution in [3.63, 3.8) is 0 Å². The van der Waals surface area contributed by atoms with Gasteiger partial charge in [0, 0.05) is 58.9 Å². The second-order valence-electron chi connectivity index (χ2n) is 9.51. The predicted octanol–water partition coefficient (Wildman–Crippen LogP) is -3.91. The molecule has 0 aromatic rings. The maximum atomic E-state index is 12.7. The van der Waals surface area contributed by atoms with E-state index in [0.717, 1.165) is 6.29 Å². The summed E-state index contributed by atoms with van der Waals surface area (Å²) in [5.41, 5.74) is 0. The van der Waals surface area contributed by atoms with E-state index in [2.05, 4.69) is 16.0 Å². The average Bonchev–Trinajstić information content (AvgIpc) is 2.83. The van der Waals surface area contributed by atoms with Gasteiger partial charge in [-0.1, -0.05) is 0 Å². The van der Waals surface area contributed by atoms with Gasteiger partial charge in [-0.3, -0.25) is 43.6 Å². The Kier molecular flexibility index (Phi) is 13.1. The number of amides is 3. The van der Waals surface area contributed by atoms with Crippen LogP contribution in [0, 0.1) is 0 Å². The van der Waals surface area contributed by atoms with Crippen LogP contribution in [0.3, 0.4) is 0 Å². The molecule has 0 radical (unpaired) electrons. The Morgan fingerprint density at radius 2 is 1.29 bits per heavy atom. The number of hydrogen-bond donors (Lipinski definition) is 5. The highest BCUT2D eigenvalue weighted by molar-refractivity contribution is 5.96. The molecule has 2 aliphatic heterocycles. The van der Waals surface area contributed by atoms with E-state index in [1.54, 1.807) is 16.7 Å². The Morgan fingerprint density at radius 3 is 1.76 bits per heavy atom. The lowest BCUT2D eigenvalue weighted by Crippen LogP contribution is -2.61. The number of piperazine rings is 1. The quantitative estimate of drug-likeness (QED) is 0.160. The van der Waals surface area contributed by atoms with Gasteiger partial charge in [0.1, 0.15) is 18.4 Å². The lowest BCUT2D eigenvalue weighted by molar-refractivity contribution is -0.140. The first kappa shape index (κ1) is 31.1. The highest BCUT2D eigenvalue weighted by Crippen LogP contribution is 2.02. The third-order valence-electron chi connectivity index (χ3n) is 6.49. The fourth-order valence-electron chi connectivity index (χ4n) is 4.28. The molecule has 15 nitrogen and oxygen atoms in total. The van der Waals surface area contributed by atoms with Crippen molar-refractivity contribution < 1.29 is 39.0 Å². The summed E-state index contributed by atoms with van der Waals surface area (Å²) in [5, 5.41) is 26.5. The zero-order valence-corrected chi connectivity index (χ0v) is 21.8. The molecule has 2 saturated heterocycles. The van der Waals surface area contributed by atoms with Crippen molar-refractivity contribution in [3.05, 3.63) is 0 Å². The lowest BCUT2D eigenvalue weighted by atomic mass is 10.1. The lowest BCUT2D eigenvalue weighted by Gasteiger charge is -2.32. The maximum Gasteiger partial charge on any atom is 0.317 e. The fourth-order valence-corrected chi connectivity index (χ4v) is 4.28. The molecule has 15 heteroatoms. The number of carboxylic acids is 2. The van der Waals surface area contributed by atoms with Crippen molar-refractivity contribution >= 4 is 35.9 Å². The van der Waals surface area contributed by atoms with Gasteiger partial charge < -0.3 is 31.0 Å². The number of carboxylic acid groups (broad SMARTS) is 2. The minimum absolute atomic E-state index is 0.0290. The zero-order valence-electron chi connectivity index (χ0n) is 21.8. The Hall–Kier alpha value is -3.14. The Bertz CT molecular complexity index is 858. The van der Waals surface area contributed by atoms with Gasteiger partial charge in [0.2, 0.25) is 17.7 Å². The molecule has 3 amide bonds. The number of aldehydes is 1. The first-order chi connectivity index (χ1) is 18.1. The fraction of sp³-hybridized carbons (Fsp3) is 0.739. The molecule has 2 heterocycles. The summed E-state index contributed by atoms with van der Waals surface area (Å²) in [6, 6.07) is -1.32. The molecule has 2 atom stereocenters. The first-order valence-corrected chi connectivity index (χ1v) is 12.7. The van der Waals surface area contributed by atoms with Crippen LogP contribution in [-0.4, -0.2) is 163 Å². The molecule has 2 aliphatic rings. The molecule has 0 unspecified atom stereocenters. The van der Waals surface area contributed by atoms with Gasteiger partial charge in [-0.05, 0) is 13.3 Å². The molecule has 0 aromatic carbocycles. The largest absolute Gasteiger partial charge is 0.480 e. The second-order valence-corrected chi connectivity index (χ2v) is 9.51. The van der Waals surface area contributed by atoms with Gasteiger partial charge in [0.15, 0.2) is 0 Å². The van der Waals surface area contributed by atoms with E-state index in [0.29, 0.717) is 52.4 Å². The maximum absolute atomic E-state index is 12.7. The number of aliphatic carboxylic acids is 2. The van der Waals surface area contributed by atoms with Crippen molar-refractivity contribution in [3.8, 4) is 0 Å². The molecular weight excluding hydrogens is 502 g/mol. The van der Waals surface area contributed by atoms with Crippen LogP contribution in [0.15, 0.2) is 0 Å². The van der Waals surface area contributed by atoms with Crippen LogP contribution < -0.4 is 16.0 Å². The van der Waals surface area contributed by atoms with Crippen LogP contribution in [0.1, 0.15) is 13.3 Å². The molecule has 214 valence electrons. The van der Waals surface area contributed by atoms with Crippen LogP contribution in [0.2, 0.25) is 0 Å². The Labute approximate surface area is 221 Å². The molecule has 38 heavy (non-hydrogen) atoms. The molecule has 0 aromatic heterocycles. The molecule has 0 saturated carbocycles. The van der Waals surface area contributed by atoms with Gasteiger partial charge in [0.25, 0.3) is 0 Å². The molecular formula is C23H39N7O8. The molecule has 0 bridgehead atoms. The minimum Gasteiger partial charge on any atom is -0.480 e. The van der Waals surface area contributed by atoms with Crippen LogP contribution in [0.5, 0.6) is 0 Å². The number of carbonyl (C=O) groups is 6. The van der Waals surface area contributed by atoms with E-state index in [9.17, 15) is 39.0 Å². The summed E-state index contributed by atoms with van der Waals surface area (Å²) in [6.07, 6.45) is 1.02. The third kappa shape index (κ3) is 11.5. The van der Waals surface area contributed by atoms with Crippen LogP contribution in [0.25, 0.3) is 0 Å². The highest BCUT2D eigenvalue weighted by atomic mass is 16.4. The summed E-state index contributed by atoms with van der Waals surface area (Å²) < 4.78 is 0. The van der Waals surface area contributed by atoms with Crippen molar-refractivity contribution in [1.82, 2.24) is 35.6 Å². The molecule has 2 fully saturated rings. The van der Waals surface area contributed by atoms with Crippen molar-refractivity contribution in [2.75, 3.05) is 85.1 Å². The third-order valence-corrected chi connectivity index (χ3v) is 6.49. The molecule has 2 rings (SSSR count). The predicted molar refractivity (Wildman–Crippen MR) is 134 cm³/mol. The summed E-state index contributed by atoms with van der Waals surface area (Å²) in [6.45, 7) is 4.70. The summed E-state index contributed by atoms with van der Waals surface area (Å²) in [5.74, 6) is -2.85. The number of nitrogens with zero attached hydrogens (tertiary/aromatic N) is 4. The SMILES string of the molecule is C[C@H]1NC(=O)[C@@H](CCNC(=O)CN2CCN(CC=O)CCN(CC(=O)O)CCN(CC(=O)O)CC2)NC1=O. The van der Waals surface area contributed by atoms with Gasteiger partial charge in [-0.15, -0.1) is 0 Å². The number of carbonyl (C=O) groups excluding carboxylic acids is 4. The van der Waals surface area contributed by atoms with E-state index < -0.39 is 24.0 Å². The van der Waals surface area contributed by atoms with E-state index in [1.165, 1.54) is 0 Å². The second kappa shape index (κ2) is 16.0. The Morgan fingerprint density at radius 1 is 0.816 bits per heavy atom. The number of nitrogens with one attached hydrogen (secondary N) is 3. The number of hydrogen-bond acceptors (Lipinski definition) is 10. The standard InChI is InChI=1S/C23H39N7O8/c1-17-22(37)26-18(23(38)25-17)2-3-24-19(32)14-28-6-4-27(12-13-31)5-7-29(15-20(33)34)10-11-30(9-8-28)16-21(35)36/h13,17-18H,2-12,14-16H2,1H3,(H,24,32)(H,25,38)(H,26,37)(H,33,34)(H,35,36)/t17-,18-/m1/s1. The monoisotopic (exact) mass is 541 g/mol. The molecule has 5 N–H and O–H groups in total. The topological polar surface area (TPSA) is 192 Å². The van der Waals surface area contributed by atoms with E-state index in [1.807, 2.05) is 9.80 Å². The summed E-state index contributed by atoms with van der Waals surface area (Å²) in [4.78, 5) is 77.5. The van der Waals surface area contributed by atoms with Gasteiger partial charge in [0.05, 0.1) is 26.2 Å². The van der Waals surface area contributed by atoms with Crippen LogP contribution >= 0.6 is 0 Å². The minimum atomic E-state index is -1.00. The average molecular weight is 542 g/mol. The van der Waals surface area contributed by atoms with Crippen LogP contribution in [0.4, 0.5) is 0 Å². The van der Waals surface area contributed by atoms with Gasteiger partial charge in [-0.2, -0.15) is 0 Å². The normalized spacial score (nSPS) is 23.4. The molecule has 0 aliphatic carbocycles. The first-order valence-electron chi connectivity index (χ1n) is 12.7. The van der Waals surface area contributed by atoms with Gasteiger partial charge >= 0.3 is 11.9 Å². The van der Waals surface area contributed by atoms with E-state index in [4.69, 9.17) is 0 Å². The molecule has 0 spiro atoms. The smallest absolute Gasteiger partial charge is 0.317 e.